The zero-order chi connectivity index (χ0) is 24.2. The summed E-state index contributed by atoms with van der Waals surface area (Å²) in [5.74, 6) is 0.138. The smallest absolute Gasteiger partial charge is 0.255 e. The van der Waals surface area contributed by atoms with Crippen molar-refractivity contribution in [3.8, 4) is 16.9 Å². The van der Waals surface area contributed by atoms with Gasteiger partial charge in [0.25, 0.3) is 5.91 Å². The van der Waals surface area contributed by atoms with Crippen LogP contribution in [0.15, 0.2) is 67.0 Å². The molecule has 34 heavy (non-hydrogen) atoms. The van der Waals surface area contributed by atoms with Crippen molar-refractivity contribution in [3.63, 3.8) is 0 Å². The van der Waals surface area contributed by atoms with Crippen molar-refractivity contribution in [3.05, 3.63) is 78.1 Å². The van der Waals surface area contributed by atoms with Crippen LogP contribution in [0, 0.1) is 6.92 Å². The fourth-order valence-electron chi connectivity index (χ4n) is 3.76. The van der Waals surface area contributed by atoms with E-state index in [-0.39, 0.29) is 5.91 Å². The predicted octanol–water partition coefficient (Wildman–Crippen LogP) is 1.49. The number of aliphatic hydroxyl groups is 4. The van der Waals surface area contributed by atoms with Crippen LogP contribution in [-0.2, 0) is 4.74 Å². The summed E-state index contributed by atoms with van der Waals surface area (Å²) in [4.78, 5) is 16.8. The number of carbonyl (C=O) groups is 1. The second kappa shape index (κ2) is 10.3. The Morgan fingerprint density at radius 3 is 2.53 bits per heavy atom. The van der Waals surface area contributed by atoms with Gasteiger partial charge in [-0.05, 0) is 48.4 Å². The number of ether oxygens (including phenoxy) is 2. The van der Waals surface area contributed by atoms with Crippen molar-refractivity contribution in [1.82, 2.24) is 4.98 Å². The van der Waals surface area contributed by atoms with E-state index in [2.05, 4.69) is 10.3 Å². The number of pyridine rings is 1. The van der Waals surface area contributed by atoms with Gasteiger partial charge in [-0.25, -0.2) is 0 Å². The molecule has 3 aromatic rings. The second-order valence-electron chi connectivity index (χ2n) is 8.04. The molecule has 1 saturated heterocycles. The van der Waals surface area contributed by atoms with Crippen molar-refractivity contribution in [2.45, 2.75) is 37.6 Å². The Bertz CT molecular complexity index is 1140. The molecule has 0 unspecified atom stereocenters. The normalized spacial score (nSPS) is 24.4. The van der Waals surface area contributed by atoms with Crippen LogP contribution in [0.5, 0.6) is 5.75 Å². The lowest BCUT2D eigenvalue weighted by atomic mass is 9.99. The van der Waals surface area contributed by atoms with E-state index in [1.54, 1.807) is 61.8 Å². The molecule has 2 aromatic carbocycles. The Hall–Kier alpha value is -3.34. The Morgan fingerprint density at radius 2 is 1.82 bits per heavy atom. The van der Waals surface area contributed by atoms with E-state index in [4.69, 9.17) is 9.47 Å². The number of carbonyl (C=O) groups excluding carboxylic acids is 1. The third kappa shape index (κ3) is 4.93. The van der Waals surface area contributed by atoms with Gasteiger partial charge in [0.1, 0.15) is 30.2 Å². The number of anilines is 1. The maximum absolute atomic E-state index is 12.6. The van der Waals surface area contributed by atoms with E-state index >= 15 is 0 Å². The van der Waals surface area contributed by atoms with Crippen LogP contribution >= 0.6 is 0 Å². The molecule has 5 atom stereocenters. The van der Waals surface area contributed by atoms with E-state index in [0.717, 1.165) is 5.56 Å². The highest BCUT2D eigenvalue weighted by Crippen LogP contribution is 2.32. The maximum Gasteiger partial charge on any atom is 0.255 e. The highest BCUT2D eigenvalue weighted by atomic mass is 16.7. The number of nitrogens with one attached hydrogen (secondary N) is 1. The number of aromatic nitrogens is 1. The Balaban J connectivity index is 1.54. The third-order valence-corrected chi connectivity index (χ3v) is 5.68. The molecule has 5 N–H and O–H groups in total. The highest BCUT2D eigenvalue weighted by molar-refractivity contribution is 6.06. The first-order chi connectivity index (χ1) is 16.4. The number of aryl methyl sites for hydroxylation is 1. The monoisotopic (exact) mass is 466 g/mol. The molecule has 1 aliphatic heterocycles. The minimum Gasteiger partial charge on any atom is -0.462 e. The first-order valence-corrected chi connectivity index (χ1v) is 10.8. The molecule has 178 valence electrons. The number of benzene rings is 2. The number of aliphatic hydroxyl groups excluding tert-OH is 4. The van der Waals surface area contributed by atoms with Crippen molar-refractivity contribution in [2.75, 3.05) is 11.9 Å². The van der Waals surface area contributed by atoms with Crippen LogP contribution in [0.4, 0.5) is 5.69 Å². The Morgan fingerprint density at radius 1 is 1.06 bits per heavy atom. The van der Waals surface area contributed by atoms with E-state index in [0.29, 0.717) is 28.1 Å². The number of hydrogen-bond donors (Lipinski definition) is 5. The quantitative estimate of drug-likeness (QED) is 0.368. The van der Waals surface area contributed by atoms with Gasteiger partial charge >= 0.3 is 0 Å². The molecule has 0 aliphatic carbocycles. The first kappa shape index (κ1) is 23.8. The summed E-state index contributed by atoms with van der Waals surface area (Å²) >= 11 is 0. The van der Waals surface area contributed by atoms with Gasteiger partial charge in [-0.3, -0.25) is 9.78 Å². The highest BCUT2D eigenvalue weighted by Gasteiger charge is 2.44. The summed E-state index contributed by atoms with van der Waals surface area (Å²) in [5, 5.41) is 42.4. The van der Waals surface area contributed by atoms with E-state index < -0.39 is 37.3 Å². The van der Waals surface area contributed by atoms with Crippen molar-refractivity contribution >= 4 is 11.6 Å². The molecule has 4 rings (SSSR count). The molecule has 0 saturated carbocycles. The van der Waals surface area contributed by atoms with Gasteiger partial charge in [0.05, 0.1) is 12.3 Å². The first-order valence-electron chi connectivity index (χ1n) is 10.8. The molecule has 0 radical (unpaired) electrons. The molecule has 1 amide bonds. The number of rotatable bonds is 6. The molecule has 2 heterocycles. The van der Waals surface area contributed by atoms with Crippen LogP contribution in [-0.4, -0.2) is 68.6 Å². The van der Waals surface area contributed by atoms with Crippen LogP contribution in [0.25, 0.3) is 11.1 Å². The fourth-order valence-corrected chi connectivity index (χ4v) is 3.76. The minimum absolute atomic E-state index is 0.243. The van der Waals surface area contributed by atoms with Gasteiger partial charge in [0.15, 0.2) is 0 Å². The van der Waals surface area contributed by atoms with Crippen LogP contribution in [0.3, 0.4) is 0 Å². The SMILES string of the molecule is Cc1cc(-c2cnccc2NC(=O)c2ccccc2)ccc1O[C@H]1O[C@@H](CO)[C@@H](O)[C@H](O)[C@H]1O. The predicted molar refractivity (Wildman–Crippen MR) is 123 cm³/mol. The lowest BCUT2D eigenvalue weighted by Gasteiger charge is -2.39. The zero-order valence-corrected chi connectivity index (χ0v) is 18.4. The van der Waals surface area contributed by atoms with Gasteiger partial charge < -0.3 is 35.2 Å². The topological polar surface area (TPSA) is 141 Å². The second-order valence-corrected chi connectivity index (χ2v) is 8.04. The van der Waals surface area contributed by atoms with Gasteiger partial charge in [-0.15, -0.1) is 0 Å². The van der Waals surface area contributed by atoms with Crippen molar-refractivity contribution in [1.29, 1.82) is 0 Å². The average molecular weight is 466 g/mol. The largest absolute Gasteiger partial charge is 0.462 e. The zero-order valence-electron chi connectivity index (χ0n) is 18.4. The summed E-state index contributed by atoms with van der Waals surface area (Å²) in [7, 11) is 0. The number of nitrogens with zero attached hydrogens (tertiary/aromatic N) is 1. The lowest BCUT2D eigenvalue weighted by molar-refractivity contribution is -0.277. The standard InChI is InChI=1S/C25H26N2O7/c1-14-11-16(7-8-19(14)33-25-23(31)22(30)21(29)20(13-28)34-25)17-12-26-10-9-18(17)27-24(32)15-5-3-2-4-6-15/h2-12,20-23,25,28-31H,13H2,1H3,(H,26,27,32)/t20-,21+,22-,23+,25-/m0/s1. The summed E-state index contributed by atoms with van der Waals surface area (Å²) in [6.07, 6.45) is -3.59. The molecule has 9 nitrogen and oxygen atoms in total. The van der Waals surface area contributed by atoms with Gasteiger partial charge in [0, 0.05) is 23.5 Å². The number of hydrogen-bond acceptors (Lipinski definition) is 8. The maximum atomic E-state index is 12.6. The number of amides is 1. The molecule has 0 spiro atoms. The third-order valence-electron chi connectivity index (χ3n) is 5.68. The Labute approximate surface area is 196 Å². The van der Waals surface area contributed by atoms with Crippen LogP contribution in [0.2, 0.25) is 0 Å². The molecule has 0 bridgehead atoms. The van der Waals surface area contributed by atoms with E-state index in [1.165, 1.54) is 0 Å². The summed E-state index contributed by atoms with van der Waals surface area (Å²) < 4.78 is 11.2. The van der Waals surface area contributed by atoms with Crippen molar-refractivity contribution < 1.29 is 34.7 Å². The van der Waals surface area contributed by atoms with Crippen molar-refractivity contribution in [2.24, 2.45) is 0 Å². The van der Waals surface area contributed by atoms with Crippen LogP contribution in [0.1, 0.15) is 15.9 Å². The van der Waals surface area contributed by atoms with E-state index in [1.807, 2.05) is 12.1 Å². The molecule has 1 aromatic heterocycles. The average Bonchev–Trinajstić information content (AvgIpc) is 2.86. The van der Waals surface area contributed by atoms with Gasteiger partial charge in [0.2, 0.25) is 6.29 Å². The van der Waals surface area contributed by atoms with E-state index in [9.17, 15) is 25.2 Å². The van der Waals surface area contributed by atoms with Gasteiger partial charge in [-0.2, -0.15) is 0 Å². The summed E-state index contributed by atoms with van der Waals surface area (Å²) in [6.45, 7) is 1.25. The summed E-state index contributed by atoms with van der Waals surface area (Å²) in [5.41, 5.74) is 3.29. The Kier molecular flexibility index (Phi) is 7.20. The molecule has 1 fully saturated rings. The molecule has 1 aliphatic rings. The van der Waals surface area contributed by atoms with Crippen LogP contribution < -0.4 is 10.1 Å². The fraction of sp³-hybridized carbons (Fsp3) is 0.280. The lowest BCUT2D eigenvalue weighted by Crippen LogP contribution is -2.60. The molecule has 9 heteroatoms. The summed E-state index contributed by atoms with van der Waals surface area (Å²) in [6, 6.07) is 15.9. The van der Waals surface area contributed by atoms with Gasteiger partial charge in [-0.1, -0.05) is 24.3 Å². The molecular weight excluding hydrogens is 440 g/mol. The molecular formula is C25H26N2O7. The minimum atomic E-state index is -1.53.